The zero-order valence-electron chi connectivity index (χ0n) is 16.2. The van der Waals surface area contributed by atoms with Crippen LogP contribution in [0.5, 0.6) is 11.5 Å². The molecule has 0 aromatic heterocycles. The molecule has 0 aliphatic carbocycles. The van der Waals surface area contributed by atoms with E-state index in [-0.39, 0.29) is 23.2 Å². The number of Topliss-reactive ketones (excluding diaryl/α,β-unsaturated/α-hetero) is 1. The molecule has 0 bridgehead atoms. The van der Waals surface area contributed by atoms with Crippen LogP contribution in [0, 0.1) is 0 Å². The molecule has 1 aliphatic heterocycles. The first-order chi connectivity index (χ1) is 13.9. The Morgan fingerprint density at radius 2 is 1.55 bits per heavy atom. The second-order valence-electron chi connectivity index (χ2n) is 6.63. The molecular formula is C21H22F2N2O4. The molecule has 0 unspecified atom stereocenters. The van der Waals surface area contributed by atoms with Gasteiger partial charge in [-0.2, -0.15) is 8.78 Å². The Labute approximate surface area is 167 Å². The molecule has 6 nitrogen and oxygen atoms in total. The highest BCUT2D eigenvalue weighted by atomic mass is 19.3. The molecule has 1 fully saturated rings. The lowest BCUT2D eigenvalue weighted by Crippen LogP contribution is -2.48. The number of piperazine rings is 1. The van der Waals surface area contributed by atoms with Gasteiger partial charge in [-0.15, -0.1) is 0 Å². The summed E-state index contributed by atoms with van der Waals surface area (Å²) in [5, 5.41) is 0. The van der Waals surface area contributed by atoms with Crippen LogP contribution in [0.1, 0.15) is 27.6 Å². The summed E-state index contributed by atoms with van der Waals surface area (Å²) in [4.78, 5) is 28.0. The van der Waals surface area contributed by atoms with Crippen LogP contribution in [-0.2, 0) is 0 Å². The minimum absolute atomic E-state index is 0.0207. The molecule has 0 saturated carbocycles. The molecule has 0 N–H and O–H groups in total. The van der Waals surface area contributed by atoms with Crippen LogP contribution >= 0.6 is 0 Å². The predicted octanol–water partition coefficient (Wildman–Crippen LogP) is 3.46. The number of ketones is 1. The van der Waals surface area contributed by atoms with Crippen molar-refractivity contribution in [3.05, 3.63) is 53.6 Å². The average Bonchev–Trinajstić information content (AvgIpc) is 2.73. The number of hydrogen-bond acceptors (Lipinski definition) is 5. The Morgan fingerprint density at radius 1 is 0.931 bits per heavy atom. The number of ether oxygens (including phenoxy) is 2. The molecule has 0 radical (unpaired) electrons. The molecule has 1 aliphatic rings. The summed E-state index contributed by atoms with van der Waals surface area (Å²) < 4.78 is 34.4. The number of hydrogen-bond donors (Lipinski definition) is 0. The van der Waals surface area contributed by atoms with E-state index in [0.29, 0.717) is 37.3 Å². The first-order valence-corrected chi connectivity index (χ1v) is 9.17. The van der Waals surface area contributed by atoms with Crippen molar-refractivity contribution in [2.24, 2.45) is 0 Å². The molecule has 8 heteroatoms. The van der Waals surface area contributed by atoms with E-state index in [2.05, 4.69) is 9.64 Å². The lowest BCUT2D eigenvalue weighted by molar-refractivity contribution is -0.0512. The Morgan fingerprint density at radius 3 is 2.10 bits per heavy atom. The molecule has 1 amide bonds. The largest absolute Gasteiger partial charge is 0.493 e. The zero-order valence-corrected chi connectivity index (χ0v) is 16.2. The number of nitrogens with zero attached hydrogens (tertiary/aromatic N) is 2. The van der Waals surface area contributed by atoms with E-state index in [9.17, 15) is 18.4 Å². The van der Waals surface area contributed by atoms with Gasteiger partial charge in [0.25, 0.3) is 5.91 Å². The minimum atomic E-state index is -2.97. The lowest BCUT2D eigenvalue weighted by atomic mass is 10.1. The summed E-state index contributed by atoms with van der Waals surface area (Å²) in [6, 6.07) is 11.6. The fraction of sp³-hybridized carbons (Fsp3) is 0.333. The number of halogens is 2. The standard InChI is InChI=1S/C21H22F2N2O4/c1-14(26)15-3-6-17(7-4-15)24-9-11-25(12-10-24)20(27)16-5-8-18(29-21(22)23)19(13-16)28-2/h3-8,13,21H,9-12H2,1-2H3. The van der Waals surface area contributed by atoms with E-state index in [4.69, 9.17) is 4.74 Å². The lowest BCUT2D eigenvalue weighted by Gasteiger charge is -2.36. The topological polar surface area (TPSA) is 59.1 Å². The molecule has 0 spiro atoms. The third kappa shape index (κ3) is 4.82. The van der Waals surface area contributed by atoms with Crippen LogP contribution in [0.3, 0.4) is 0 Å². The van der Waals surface area contributed by atoms with Gasteiger partial charge in [0.2, 0.25) is 0 Å². The van der Waals surface area contributed by atoms with Crippen molar-refractivity contribution < 1.29 is 27.8 Å². The van der Waals surface area contributed by atoms with Crippen LogP contribution in [0.4, 0.5) is 14.5 Å². The number of amides is 1. The molecule has 29 heavy (non-hydrogen) atoms. The van der Waals surface area contributed by atoms with Gasteiger partial charge >= 0.3 is 6.61 Å². The molecule has 2 aromatic rings. The summed E-state index contributed by atoms with van der Waals surface area (Å²) in [6.45, 7) is 0.892. The summed E-state index contributed by atoms with van der Waals surface area (Å²) >= 11 is 0. The van der Waals surface area contributed by atoms with Crippen molar-refractivity contribution >= 4 is 17.4 Å². The molecule has 2 aromatic carbocycles. The minimum Gasteiger partial charge on any atom is -0.493 e. The molecular weight excluding hydrogens is 382 g/mol. The van der Waals surface area contributed by atoms with Gasteiger partial charge in [0.15, 0.2) is 17.3 Å². The second kappa shape index (κ2) is 8.89. The Kier molecular flexibility index (Phi) is 6.31. The first kappa shape index (κ1) is 20.6. The van der Waals surface area contributed by atoms with Crippen molar-refractivity contribution in [2.45, 2.75) is 13.5 Å². The maximum Gasteiger partial charge on any atom is 0.387 e. The Balaban J connectivity index is 1.64. The van der Waals surface area contributed by atoms with Crippen molar-refractivity contribution in [1.82, 2.24) is 4.90 Å². The third-order valence-corrected chi connectivity index (χ3v) is 4.83. The van der Waals surface area contributed by atoms with E-state index in [1.54, 1.807) is 17.0 Å². The Bertz CT molecular complexity index is 879. The molecule has 3 rings (SSSR count). The van der Waals surface area contributed by atoms with Gasteiger partial charge in [-0.3, -0.25) is 9.59 Å². The van der Waals surface area contributed by atoms with Crippen molar-refractivity contribution in [2.75, 3.05) is 38.2 Å². The maximum absolute atomic E-state index is 12.8. The molecule has 0 atom stereocenters. The first-order valence-electron chi connectivity index (χ1n) is 9.17. The van der Waals surface area contributed by atoms with Gasteiger partial charge in [0.1, 0.15) is 0 Å². The van der Waals surface area contributed by atoms with E-state index in [1.165, 1.54) is 32.2 Å². The number of anilines is 1. The highest BCUT2D eigenvalue weighted by Gasteiger charge is 2.23. The van der Waals surface area contributed by atoms with Crippen LogP contribution < -0.4 is 14.4 Å². The summed E-state index contributed by atoms with van der Waals surface area (Å²) in [5.41, 5.74) is 2.01. The highest BCUT2D eigenvalue weighted by Crippen LogP contribution is 2.30. The maximum atomic E-state index is 12.8. The summed E-state index contributed by atoms with van der Waals surface area (Å²) in [5.74, 6) is -0.205. The quantitative estimate of drug-likeness (QED) is 0.690. The number of alkyl halides is 2. The van der Waals surface area contributed by atoms with Gasteiger partial charge in [-0.1, -0.05) is 0 Å². The van der Waals surface area contributed by atoms with Crippen LogP contribution in [-0.4, -0.2) is 56.5 Å². The van der Waals surface area contributed by atoms with E-state index in [1.807, 2.05) is 12.1 Å². The van der Waals surface area contributed by atoms with Crippen molar-refractivity contribution in [1.29, 1.82) is 0 Å². The molecule has 154 valence electrons. The third-order valence-electron chi connectivity index (χ3n) is 4.83. The Hall–Kier alpha value is -3.16. The number of benzene rings is 2. The van der Waals surface area contributed by atoms with Gasteiger partial charge in [-0.25, -0.2) is 0 Å². The fourth-order valence-corrected chi connectivity index (χ4v) is 3.25. The van der Waals surface area contributed by atoms with Crippen LogP contribution in [0.25, 0.3) is 0 Å². The number of methoxy groups -OCH3 is 1. The average molecular weight is 404 g/mol. The van der Waals surface area contributed by atoms with Crippen molar-refractivity contribution in [3.63, 3.8) is 0 Å². The summed E-state index contributed by atoms with van der Waals surface area (Å²) in [6.07, 6.45) is 0. The predicted molar refractivity (Wildman–Crippen MR) is 104 cm³/mol. The van der Waals surface area contributed by atoms with Gasteiger partial charge < -0.3 is 19.3 Å². The fourth-order valence-electron chi connectivity index (χ4n) is 3.25. The van der Waals surface area contributed by atoms with Gasteiger partial charge in [-0.05, 0) is 49.4 Å². The monoisotopic (exact) mass is 404 g/mol. The molecule has 1 heterocycles. The van der Waals surface area contributed by atoms with Crippen LogP contribution in [0.15, 0.2) is 42.5 Å². The van der Waals surface area contributed by atoms with Gasteiger partial charge in [0.05, 0.1) is 7.11 Å². The number of carbonyl (C=O) groups is 2. The van der Waals surface area contributed by atoms with E-state index >= 15 is 0 Å². The van der Waals surface area contributed by atoms with E-state index in [0.717, 1.165) is 5.69 Å². The molecule has 1 saturated heterocycles. The number of carbonyl (C=O) groups excluding carboxylic acids is 2. The smallest absolute Gasteiger partial charge is 0.387 e. The van der Waals surface area contributed by atoms with Gasteiger partial charge in [0, 0.05) is 43.0 Å². The highest BCUT2D eigenvalue weighted by molar-refractivity contribution is 5.95. The van der Waals surface area contributed by atoms with Crippen LogP contribution in [0.2, 0.25) is 0 Å². The second-order valence-corrected chi connectivity index (χ2v) is 6.63. The van der Waals surface area contributed by atoms with Crippen molar-refractivity contribution in [3.8, 4) is 11.5 Å². The van der Waals surface area contributed by atoms with E-state index < -0.39 is 6.61 Å². The normalized spacial score (nSPS) is 14.1. The zero-order chi connectivity index (χ0) is 21.0. The SMILES string of the molecule is COc1cc(C(=O)N2CCN(c3ccc(C(C)=O)cc3)CC2)ccc1OC(F)F. The number of rotatable bonds is 6. The summed E-state index contributed by atoms with van der Waals surface area (Å²) in [7, 11) is 1.33.